The second kappa shape index (κ2) is 8.67. The van der Waals surface area contributed by atoms with Crippen molar-refractivity contribution in [1.29, 1.82) is 0 Å². The zero-order valence-corrected chi connectivity index (χ0v) is 18.7. The lowest BCUT2D eigenvalue weighted by molar-refractivity contribution is 0.0924. The average molecular weight is 446 g/mol. The van der Waals surface area contributed by atoms with E-state index in [2.05, 4.69) is 23.6 Å². The van der Waals surface area contributed by atoms with Crippen LogP contribution in [0.5, 0.6) is 0 Å². The molecule has 4 aromatic rings. The SMILES string of the molecule is Cc1c(C(=O)NCCc2ccccc2)oc2c1-c1nn(Cc3ccccc3Cl)cc1CC2. The van der Waals surface area contributed by atoms with E-state index in [1.807, 2.05) is 54.1 Å². The lowest BCUT2D eigenvalue weighted by atomic mass is 9.93. The predicted octanol–water partition coefficient (Wildman–Crippen LogP) is 5.22. The zero-order chi connectivity index (χ0) is 22.1. The first kappa shape index (κ1) is 20.6. The Morgan fingerprint density at radius 3 is 2.72 bits per heavy atom. The fraction of sp³-hybridized carbons (Fsp3) is 0.231. The smallest absolute Gasteiger partial charge is 0.287 e. The number of furan rings is 1. The molecule has 0 bridgehead atoms. The van der Waals surface area contributed by atoms with Crippen LogP contribution < -0.4 is 5.32 Å². The summed E-state index contributed by atoms with van der Waals surface area (Å²) in [5.74, 6) is 1.05. The Bertz CT molecular complexity index is 1270. The third kappa shape index (κ3) is 3.96. The Morgan fingerprint density at radius 1 is 1.12 bits per heavy atom. The van der Waals surface area contributed by atoms with Crippen molar-refractivity contribution in [2.75, 3.05) is 6.54 Å². The molecule has 0 saturated carbocycles. The van der Waals surface area contributed by atoms with Crippen LogP contribution in [0.15, 0.2) is 65.2 Å². The molecule has 1 aliphatic rings. The van der Waals surface area contributed by atoms with Crippen LogP contribution >= 0.6 is 11.6 Å². The van der Waals surface area contributed by atoms with Gasteiger partial charge in [-0.15, -0.1) is 0 Å². The number of nitrogens with one attached hydrogen (secondary N) is 1. The highest BCUT2D eigenvalue weighted by Gasteiger charge is 2.29. The molecule has 162 valence electrons. The highest BCUT2D eigenvalue weighted by atomic mass is 35.5. The molecule has 5 rings (SSSR count). The fourth-order valence-corrected chi connectivity index (χ4v) is 4.50. The minimum atomic E-state index is -0.176. The summed E-state index contributed by atoms with van der Waals surface area (Å²) in [5.41, 5.74) is 6.10. The van der Waals surface area contributed by atoms with Gasteiger partial charge in [0.15, 0.2) is 5.76 Å². The molecule has 2 heterocycles. The lowest BCUT2D eigenvalue weighted by Gasteiger charge is -2.09. The minimum absolute atomic E-state index is 0.176. The van der Waals surface area contributed by atoms with E-state index in [-0.39, 0.29) is 5.91 Å². The van der Waals surface area contributed by atoms with Crippen molar-refractivity contribution in [3.05, 3.63) is 99.6 Å². The molecule has 2 aromatic carbocycles. The number of nitrogens with zero attached hydrogens (tertiary/aromatic N) is 2. The molecule has 0 spiro atoms. The molecular weight excluding hydrogens is 422 g/mol. The number of aryl methyl sites for hydroxylation is 2. The molecule has 5 nitrogen and oxygen atoms in total. The molecule has 0 fully saturated rings. The first-order valence-electron chi connectivity index (χ1n) is 10.8. The van der Waals surface area contributed by atoms with Gasteiger partial charge in [-0.2, -0.15) is 5.10 Å². The maximum absolute atomic E-state index is 12.8. The van der Waals surface area contributed by atoms with Gasteiger partial charge in [0.2, 0.25) is 0 Å². The van der Waals surface area contributed by atoms with Gasteiger partial charge in [0.05, 0.1) is 12.2 Å². The lowest BCUT2D eigenvalue weighted by Crippen LogP contribution is -2.25. The molecule has 0 saturated heterocycles. The van der Waals surface area contributed by atoms with Crippen LogP contribution in [0.1, 0.15) is 38.6 Å². The number of amides is 1. The van der Waals surface area contributed by atoms with E-state index in [9.17, 15) is 4.79 Å². The number of carbonyl (C=O) groups is 1. The predicted molar refractivity (Wildman–Crippen MR) is 125 cm³/mol. The molecule has 0 radical (unpaired) electrons. The van der Waals surface area contributed by atoms with Gasteiger partial charge in [-0.1, -0.05) is 60.1 Å². The van der Waals surface area contributed by atoms with Crippen LogP contribution in [0.25, 0.3) is 11.3 Å². The Kier molecular flexibility index (Phi) is 5.58. The molecule has 0 aliphatic heterocycles. The Hall–Kier alpha value is -3.31. The number of hydrogen-bond donors (Lipinski definition) is 1. The highest BCUT2D eigenvalue weighted by Crippen LogP contribution is 2.38. The van der Waals surface area contributed by atoms with Gasteiger partial charge >= 0.3 is 0 Å². The molecule has 1 N–H and O–H groups in total. The fourth-order valence-electron chi connectivity index (χ4n) is 4.31. The van der Waals surface area contributed by atoms with Crippen LogP contribution in [0.4, 0.5) is 0 Å². The van der Waals surface area contributed by atoms with Crippen molar-refractivity contribution >= 4 is 17.5 Å². The van der Waals surface area contributed by atoms with E-state index in [1.165, 1.54) is 11.1 Å². The first-order valence-corrected chi connectivity index (χ1v) is 11.2. The second-order valence-electron chi connectivity index (χ2n) is 8.14. The number of hydrogen-bond acceptors (Lipinski definition) is 3. The highest BCUT2D eigenvalue weighted by molar-refractivity contribution is 6.31. The summed E-state index contributed by atoms with van der Waals surface area (Å²) >= 11 is 6.33. The van der Waals surface area contributed by atoms with Crippen molar-refractivity contribution in [1.82, 2.24) is 15.1 Å². The van der Waals surface area contributed by atoms with Crippen LogP contribution in [0.3, 0.4) is 0 Å². The monoisotopic (exact) mass is 445 g/mol. The van der Waals surface area contributed by atoms with Crippen LogP contribution in [0.2, 0.25) is 5.02 Å². The minimum Gasteiger partial charge on any atom is -0.455 e. The zero-order valence-electron chi connectivity index (χ0n) is 17.9. The van der Waals surface area contributed by atoms with Gasteiger partial charge in [0.1, 0.15) is 5.76 Å². The number of carbonyl (C=O) groups excluding carboxylic acids is 1. The summed E-state index contributed by atoms with van der Waals surface area (Å²) in [6.45, 7) is 3.10. The van der Waals surface area contributed by atoms with Crippen molar-refractivity contribution in [2.45, 2.75) is 32.7 Å². The summed E-state index contributed by atoms with van der Waals surface area (Å²) in [6.07, 6.45) is 4.46. The van der Waals surface area contributed by atoms with Crippen molar-refractivity contribution in [3.8, 4) is 11.3 Å². The summed E-state index contributed by atoms with van der Waals surface area (Å²) < 4.78 is 7.95. The van der Waals surface area contributed by atoms with Gasteiger partial charge in [-0.25, -0.2) is 0 Å². The number of benzene rings is 2. The summed E-state index contributed by atoms with van der Waals surface area (Å²) in [7, 11) is 0. The van der Waals surface area contributed by atoms with Gasteiger partial charge in [-0.05, 0) is 42.5 Å². The summed E-state index contributed by atoms with van der Waals surface area (Å²) in [4.78, 5) is 12.8. The van der Waals surface area contributed by atoms with Crippen LogP contribution in [-0.2, 0) is 25.8 Å². The molecule has 0 atom stereocenters. The third-order valence-electron chi connectivity index (χ3n) is 5.95. The van der Waals surface area contributed by atoms with Gasteiger partial charge in [0, 0.05) is 35.3 Å². The van der Waals surface area contributed by atoms with Crippen LogP contribution in [-0.4, -0.2) is 22.2 Å². The third-order valence-corrected chi connectivity index (χ3v) is 6.32. The molecule has 6 heteroatoms. The van der Waals surface area contributed by atoms with Gasteiger partial charge in [-0.3, -0.25) is 9.48 Å². The largest absolute Gasteiger partial charge is 0.455 e. The molecule has 32 heavy (non-hydrogen) atoms. The average Bonchev–Trinajstić information content (AvgIpc) is 3.36. The molecule has 1 aliphatic carbocycles. The topological polar surface area (TPSA) is 60.1 Å². The maximum atomic E-state index is 12.8. The molecule has 1 amide bonds. The Labute approximate surface area is 192 Å². The van der Waals surface area contributed by atoms with E-state index >= 15 is 0 Å². The standard InChI is InChI=1S/C26H24ClN3O2/c1-17-23-22(32-25(17)26(31)28-14-13-18-7-3-2-4-8-18)12-11-20-16-30(29-24(20)23)15-19-9-5-6-10-21(19)27/h2-10,16H,11-15H2,1H3,(H,28,31). The van der Waals surface area contributed by atoms with E-state index in [4.69, 9.17) is 21.1 Å². The first-order chi connectivity index (χ1) is 15.6. The number of aromatic nitrogens is 2. The second-order valence-corrected chi connectivity index (χ2v) is 8.54. The molecule has 2 aromatic heterocycles. The van der Waals surface area contributed by atoms with E-state index in [0.29, 0.717) is 18.8 Å². The molecular formula is C26H24ClN3O2. The Balaban J connectivity index is 1.35. The van der Waals surface area contributed by atoms with Gasteiger partial charge in [0.25, 0.3) is 5.91 Å². The Morgan fingerprint density at radius 2 is 1.91 bits per heavy atom. The number of rotatable bonds is 6. The van der Waals surface area contributed by atoms with Crippen molar-refractivity contribution < 1.29 is 9.21 Å². The summed E-state index contributed by atoms with van der Waals surface area (Å²) in [6, 6.07) is 17.9. The number of fused-ring (bicyclic) bond motifs is 3. The number of halogens is 1. The van der Waals surface area contributed by atoms with E-state index in [0.717, 1.165) is 52.4 Å². The normalized spacial score (nSPS) is 12.3. The van der Waals surface area contributed by atoms with E-state index in [1.54, 1.807) is 0 Å². The molecule has 0 unspecified atom stereocenters. The van der Waals surface area contributed by atoms with Crippen molar-refractivity contribution in [2.24, 2.45) is 0 Å². The summed E-state index contributed by atoms with van der Waals surface area (Å²) in [5, 5.41) is 8.55. The van der Waals surface area contributed by atoms with Crippen molar-refractivity contribution in [3.63, 3.8) is 0 Å². The van der Waals surface area contributed by atoms with Crippen LogP contribution in [0, 0.1) is 6.92 Å². The maximum Gasteiger partial charge on any atom is 0.287 e. The quantitative estimate of drug-likeness (QED) is 0.442. The van der Waals surface area contributed by atoms with E-state index < -0.39 is 0 Å². The van der Waals surface area contributed by atoms with Gasteiger partial charge < -0.3 is 9.73 Å².